The Morgan fingerprint density at radius 3 is 1.74 bits per heavy atom. The van der Waals surface area contributed by atoms with Crippen molar-refractivity contribution in [3.05, 3.63) is 210 Å². The molecule has 0 N–H and O–H groups in total. The van der Waals surface area contributed by atoms with Crippen LogP contribution >= 0.6 is 0 Å². The predicted octanol–water partition coefficient (Wildman–Crippen LogP) is 17.3. The van der Waals surface area contributed by atoms with Crippen LogP contribution in [0, 0.1) is 0 Å². The third kappa shape index (κ3) is 5.35. The second kappa shape index (κ2) is 14.0. The highest BCUT2D eigenvalue weighted by Gasteiger charge is 2.41. The first-order valence-corrected chi connectivity index (χ1v) is 24.2. The van der Waals surface area contributed by atoms with Gasteiger partial charge in [-0.05, 0) is 120 Å². The molecule has 0 amide bonds. The van der Waals surface area contributed by atoms with Crippen LogP contribution in [0.5, 0.6) is 0 Å². The maximum atomic E-state index is 6.80. The number of rotatable bonds is 4. The Morgan fingerprint density at radius 1 is 0.343 bits per heavy atom. The van der Waals surface area contributed by atoms with Crippen LogP contribution in [0.2, 0.25) is 0 Å². The largest absolute Gasteiger partial charge is 0.456 e. The summed E-state index contributed by atoms with van der Waals surface area (Å²) < 4.78 is 13.6. The second-order valence-electron chi connectivity index (χ2n) is 20.2. The topological polar surface area (TPSA) is 65.0 Å². The fraction of sp³-hybridized carbons (Fsp3) is 0.0923. The van der Waals surface area contributed by atoms with E-state index in [2.05, 4.69) is 191 Å². The first-order valence-electron chi connectivity index (χ1n) is 24.2. The molecule has 0 unspecified atom stereocenters. The van der Waals surface area contributed by atoms with Gasteiger partial charge in [-0.25, -0.2) is 15.0 Å². The first-order chi connectivity index (χ1) is 34.2. The number of aromatic nitrogens is 3. The monoisotopic (exact) mass is 897 g/mol. The minimum Gasteiger partial charge on any atom is -0.456 e. The molecule has 0 saturated carbocycles. The van der Waals surface area contributed by atoms with E-state index in [1.807, 2.05) is 24.3 Å². The molecule has 70 heavy (non-hydrogen) atoms. The van der Waals surface area contributed by atoms with Crippen molar-refractivity contribution in [2.24, 2.45) is 0 Å². The summed E-state index contributed by atoms with van der Waals surface area (Å²) in [4.78, 5) is 16.6. The van der Waals surface area contributed by atoms with Gasteiger partial charge >= 0.3 is 0 Å². The van der Waals surface area contributed by atoms with Crippen LogP contribution in [0.4, 0.5) is 0 Å². The molecule has 5 heteroatoms. The lowest BCUT2D eigenvalue weighted by molar-refractivity contribution is 0.657. The van der Waals surface area contributed by atoms with E-state index in [1.165, 1.54) is 49.7 Å². The van der Waals surface area contributed by atoms with E-state index in [4.69, 9.17) is 23.8 Å². The van der Waals surface area contributed by atoms with Crippen molar-refractivity contribution >= 4 is 65.4 Å². The minimum absolute atomic E-state index is 0.0963. The lowest BCUT2D eigenvalue weighted by Crippen LogP contribution is -2.15. The van der Waals surface area contributed by atoms with Gasteiger partial charge in [0.25, 0.3) is 0 Å². The number of para-hydroxylation sites is 2. The van der Waals surface area contributed by atoms with Gasteiger partial charge in [-0.2, -0.15) is 0 Å². The SMILES string of the molecule is CC1(C)c2ccccc2-c2cc3c(ccc4ccc(-c5nc(-c6cc7oc8ccccc8c7c7c6-c6ccccc6C7(C)C)nc(-c6ccc(-c7ccccc7)c7oc8ccccc8c67)n5)cc43)cc21. The molecular formula is C65H43N3O2. The lowest BCUT2D eigenvalue weighted by atomic mass is 9.80. The van der Waals surface area contributed by atoms with Crippen molar-refractivity contribution < 1.29 is 8.83 Å². The average molecular weight is 898 g/mol. The zero-order valence-electron chi connectivity index (χ0n) is 39.1. The zero-order valence-corrected chi connectivity index (χ0v) is 39.1. The molecule has 10 aromatic carbocycles. The number of benzene rings is 10. The Balaban J connectivity index is 1.03. The van der Waals surface area contributed by atoms with E-state index in [-0.39, 0.29) is 10.8 Å². The predicted molar refractivity (Wildman–Crippen MR) is 286 cm³/mol. The Morgan fingerprint density at radius 2 is 0.943 bits per heavy atom. The van der Waals surface area contributed by atoms with Crippen molar-refractivity contribution in [1.29, 1.82) is 0 Å². The van der Waals surface area contributed by atoms with Gasteiger partial charge in [0.1, 0.15) is 22.3 Å². The lowest BCUT2D eigenvalue weighted by Gasteiger charge is -2.22. The van der Waals surface area contributed by atoms with Crippen molar-refractivity contribution in [3.8, 4) is 67.5 Å². The third-order valence-corrected chi connectivity index (χ3v) is 15.7. The van der Waals surface area contributed by atoms with Crippen LogP contribution in [0.15, 0.2) is 197 Å². The van der Waals surface area contributed by atoms with Gasteiger partial charge in [-0.15, -0.1) is 0 Å². The fourth-order valence-electron chi connectivity index (χ4n) is 12.3. The van der Waals surface area contributed by atoms with Gasteiger partial charge in [-0.1, -0.05) is 167 Å². The van der Waals surface area contributed by atoms with Crippen LogP contribution < -0.4 is 0 Å². The number of furan rings is 2. The summed E-state index contributed by atoms with van der Waals surface area (Å²) in [6.07, 6.45) is 0. The first kappa shape index (κ1) is 39.3. The molecule has 2 aliphatic rings. The zero-order chi connectivity index (χ0) is 46.6. The molecule has 0 radical (unpaired) electrons. The molecule has 0 fully saturated rings. The fourth-order valence-corrected chi connectivity index (χ4v) is 12.3. The number of hydrogen-bond donors (Lipinski definition) is 0. The van der Waals surface area contributed by atoms with Gasteiger partial charge in [0.2, 0.25) is 0 Å². The van der Waals surface area contributed by atoms with Gasteiger partial charge < -0.3 is 8.83 Å². The van der Waals surface area contributed by atoms with E-state index < -0.39 is 0 Å². The van der Waals surface area contributed by atoms with Crippen LogP contribution in [0.3, 0.4) is 0 Å². The normalized spacial score (nSPS) is 14.2. The molecule has 15 rings (SSSR count). The molecule has 0 spiro atoms. The van der Waals surface area contributed by atoms with Gasteiger partial charge in [0, 0.05) is 54.6 Å². The van der Waals surface area contributed by atoms with E-state index in [0.717, 1.165) is 88.0 Å². The summed E-state index contributed by atoms with van der Waals surface area (Å²) in [5.74, 6) is 1.73. The van der Waals surface area contributed by atoms with Crippen LogP contribution in [0.25, 0.3) is 133 Å². The average Bonchev–Trinajstić information content (AvgIpc) is 4.10. The molecule has 0 atom stereocenters. The number of fused-ring (bicyclic) bond motifs is 16. The quantitative estimate of drug-likeness (QED) is 0.165. The van der Waals surface area contributed by atoms with Crippen molar-refractivity contribution in [2.75, 3.05) is 0 Å². The van der Waals surface area contributed by atoms with Gasteiger partial charge in [0.05, 0.1) is 0 Å². The molecule has 0 saturated heterocycles. The number of nitrogens with zero attached hydrogens (tertiary/aromatic N) is 3. The summed E-state index contributed by atoms with van der Waals surface area (Å²) in [6, 6.07) is 67.2. The maximum absolute atomic E-state index is 6.80. The van der Waals surface area contributed by atoms with E-state index in [9.17, 15) is 0 Å². The summed E-state index contributed by atoms with van der Waals surface area (Å²) >= 11 is 0. The van der Waals surface area contributed by atoms with E-state index >= 15 is 0 Å². The molecule has 330 valence electrons. The van der Waals surface area contributed by atoms with Crippen LogP contribution in [-0.4, -0.2) is 15.0 Å². The van der Waals surface area contributed by atoms with Crippen molar-refractivity contribution in [1.82, 2.24) is 15.0 Å². The smallest absolute Gasteiger partial charge is 0.164 e. The molecule has 2 aliphatic carbocycles. The minimum atomic E-state index is -0.337. The van der Waals surface area contributed by atoms with E-state index in [0.29, 0.717) is 17.5 Å². The Hall–Kier alpha value is -8.67. The molecule has 13 aromatic rings. The van der Waals surface area contributed by atoms with E-state index in [1.54, 1.807) is 0 Å². The summed E-state index contributed by atoms with van der Waals surface area (Å²) in [5.41, 5.74) is 17.7. The molecule has 3 heterocycles. The van der Waals surface area contributed by atoms with Gasteiger partial charge in [-0.3, -0.25) is 0 Å². The number of hydrogen-bond acceptors (Lipinski definition) is 5. The third-order valence-electron chi connectivity index (χ3n) is 15.7. The summed E-state index contributed by atoms with van der Waals surface area (Å²) in [5, 5.41) is 8.93. The molecule has 3 aromatic heterocycles. The highest BCUT2D eigenvalue weighted by molar-refractivity contribution is 6.17. The second-order valence-corrected chi connectivity index (χ2v) is 20.2. The standard InChI is InChI=1S/C65H43N3O2/c1-64(2)50-22-12-8-18-41(50)48-34-47-38(33-52(48)64)28-26-37-27-29-39(32-46(37)47)61-66-62(45-31-30-40(36-16-6-5-7-17-36)60-57(45)43-20-10-15-25-54(43)70-60)68-63(67-61)49-35-55-58(44-21-11-14-24-53(44)69-55)59-56(49)42-19-9-13-23-51(42)65(59,3)4/h5-35H,1-4H3. The molecule has 0 aliphatic heterocycles. The highest BCUT2D eigenvalue weighted by Crippen LogP contribution is 2.57. The summed E-state index contributed by atoms with van der Waals surface area (Å²) in [7, 11) is 0. The maximum Gasteiger partial charge on any atom is 0.164 e. The highest BCUT2D eigenvalue weighted by atomic mass is 16.3. The Bertz CT molecular complexity index is 4420. The molecule has 5 nitrogen and oxygen atoms in total. The van der Waals surface area contributed by atoms with Crippen molar-refractivity contribution in [2.45, 2.75) is 38.5 Å². The van der Waals surface area contributed by atoms with Crippen LogP contribution in [-0.2, 0) is 10.8 Å². The van der Waals surface area contributed by atoms with Crippen molar-refractivity contribution in [3.63, 3.8) is 0 Å². The summed E-state index contributed by atoms with van der Waals surface area (Å²) in [6.45, 7) is 9.34. The Labute approximate surface area is 403 Å². The molecular weight excluding hydrogens is 855 g/mol. The van der Waals surface area contributed by atoms with Crippen LogP contribution in [0.1, 0.15) is 49.9 Å². The molecule has 0 bridgehead atoms. The van der Waals surface area contributed by atoms with Gasteiger partial charge in [0.15, 0.2) is 17.5 Å². The Kier molecular flexibility index (Phi) is 7.85.